The summed E-state index contributed by atoms with van der Waals surface area (Å²) < 4.78 is 5.35. The molecule has 0 aromatic heterocycles. The molecule has 2 atom stereocenters. The Balaban J connectivity index is 2.65. The van der Waals surface area contributed by atoms with Gasteiger partial charge >= 0.3 is 6.09 Å². The van der Waals surface area contributed by atoms with E-state index in [1.54, 1.807) is 4.90 Å². The van der Waals surface area contributed by atoms with Crippen molar-refractivity contribution in [2.75, 3.05) is 20.1 Å². The average Bonchev–Trinajstić information content (AvgIpc) is 2.18. The number of nitrogens with one attached hydrogen (secondary N) is 1. The fraction of sp³-hybridized carbons (Fsp3) is 0.917. The number of aliphatic hydroxyl groups is 1. The van der Waals surface area contributed by atoms with Crippen molar-refractivity contribution in [2.24, 2.45) is 0 Å². The third kappa shape index (κ3) is 4.52. The summed E-state index contributed by atoms with van der Waals surface area (Å²) in [6.45, 7) is 6.63. The molecule has 0 saturated carbocycles. The highest BCUT2D eigenvalue weighted by atomic mass is 16.6. The third-order valence-electron chi connectivity index (χ3n) is 2.75. The second kappa shape index (κ2) is 5.69. The zero-order valence-electron chi connectivity index (χ0n) is 11.2. The van der Waals surface area contributed by atoms with E-state index in [4.69, 9.17) is 4.74 Å². The molecule has 0 aromatic rings. The molecule has 5 heteroatoms. The molecule has 0 unspecified atom stereocenters. The number of piperidine rings is 1. The number of amides is 1. The highest BCUT2D eigenvalue weighted by molar-refractivity contribution is 5.68. The average molecular weight is 244 g/mol. The van der Waals surface area contributed by atoms with Crippen molar-refractivity contribution < 1.29 is 14.6 Å². The highest BCUT2D eigenvalue weighted by Gasteiger charge is 2.33. The van der Waals surface area contributed by atoms with Crippen molar-refractivity contribution in [2.45, 2.75) is 51.4 Å². The quantitative estimate of drug-likeness (QED) is 0.759. The van der Waals surface area contributed by atoms with Crippen LogP contribution in [0.5, 0.6) is 0 Å². The van der Waals surface area contributed by atoms with Crippen molar-refractivity contribution in [3.8, 4) is 0 Å². The minimum Gasteiger partial charge on any atom is -0.444 e. The van der Waals surface area contributed by atoms with E-state index < -0.39 is 11.7 Å². The molecule has 1 amide bonds. The van der Waals surface area contributed by atoms with Gasteiger partial charge in [0, 0.05) is 12.6 Å². The summed E-state index contributed by atoms with van der Waals surface area (Å²) in [7, 11) is 1.86. The van der Waals surface area contributed by atoms with Crippen LogP contribution in [0.25, 0.3) is 0 Å². The molecule has 1 heterocycles. The van der Waals surface area contributed by atoms with Crippen molar-refractivity contribution >= 4 is 6.09 Å². The van der Waals surface area contributed by atoms with Crippen LogP contribution < -0.4 is 5.32 Å². The van der Waals surface area contributed by atoms with E-state index in [1.165, 1.54) is 0 Å². The Bertz CT molecular complexity index is 263. The van der Waals surface area contributed by atoms with Crippen LogP contribution in [0.1, 0.15) is 33.6 Å². The zero-order valence-corrected chi connectivity index (χ0v) is 11.2. The van der Waals surface area contributed by atoms with Gasteiger partial charge in [0.25, 0.3) is 0 Å². The minimum absolute atomic E-state index is 0.109. The van der Waals surface area contributed by atoms with Crippen LogP contribution in [-0.2, 0) is 4.74 Å². The first-order chi connectivity index (χ1) is 7.83. The van der Waals surface area contributed by atoms with Crippen molar-refractivity contribution in [3.05, 3.63) is 0 Å². The summed E-state index contributed by atoms with van der Waals surface area (Å²) >= 11 is 0. The maximum Gasteiger partial charge on any atom is 0.410 e. The molecule has 1 aliphatic heterocycles. The van der Waals surface area contributed by atoms with E-state index in [2.05, 4.69) is 5.32 Å². The number of likely N-dealkylation sites (tertiary alicyclic amines) is 1. The Labute approximate surface area is 103 Å². The van der Waals surface area contributed by atoms with Gasteiger partial charge in [-0.2, -0.15) is 0 Å². The number of carbonyl (C=O) groups is 1. The van der Waals surface area contributed by atoms with Crippen LogP contribution in [0.15, 0.2) is 0 Å². The molecule has 5 nitrogen and oxygen atoms in total. The molecule has 2 N–H and O–H groups in total. The van der Waals surface area contributed by atoms with E-state index in [0.29, 0.717) is 6.54 Å². The standard InChI is InChI=1S/C12H24N2O3/c1-12(2,3)17-11(16)14-8-10(15)6-5-9(14)7-13-4/h9-10,13,15H,5-8H2,1-4H3/t9-,10-/m0/s1. The lowest BCUT2D eigenvalue weighted by molar-refractivity contribution is -0.0123. The van der Waals surface area contributed by atoms with Gasteiger partial charge in [-0.3, -0.25) is 0 Å². The molecule has 100 valence electrons. The van der Waals surface area contributed by atoms with Gasteiger partial charge in [-0.15, -0.1) is 0 Å². The molecule has 1 rings (SSSR count). The summed E-state index contributed by atoms with van der Waals surface area (Å²) in [6, 6.07) is 0.109. The molecule has 0 aromatic carbocycles. The van der Waals surface area contributed by atoms with E-state index in [1.807, 2.05) is 27.8 Å². The molecule has 17 heavy (non-hydrogen) atoms. The van der Waals surface area contributed by atoms with Gasteiger partial charge in [0.05, 0.1) is 12.6 Å². The van der Waals surface area contributed by atoms with E-state index >= 15 is 0 Å². The molecule has 0 radical (unpaired) electrons. The van der Waals surface area contributed by atoms with Gasteiger partial charge < -0.3 is 20.1 Å². The summed E-state index contributed by atoms with van der Waals surface area (Å²) in [5.74, 6) is 0. The predicted molar refractivity (Wildman–Crippen MR) is 65.9 cm³/mol. The van der Waals surface area contributed by atoms with Crippen LogP contribution in [0.3, 0.4) is 0 Å². The molecule has 1 aliphatic rings. The van der Waals surface area contributed by atoms with E-state index in [9.17, 15) is 9.90 Å². The molecule has 0 bridgehead atoms. The molecule has 1 saturated heterocycles. The molecular formula is C12H24N2O3. The van der Waals surface area contributed by atoms with Crippen LogP contribution >= 0.6 is 0 Å². The number of hydrogen-bond donors (Lipinski definition) is 2. The molecule has 1 fully saturated rings. The van der Waals surface area contributed by atoms with E-state index in [-0.39, 0.29) is 12.1 Å². The maximum atomic E-state index is 12.0. The number of rotatable bonds is 2. The van der Waals surface area contributed by atoms with Crippen LogP contribution in [0.4, 0.5) is 4.79 Å². The monoisotopic (exact) mass is 244 g/mol. The topological polar surface area (TPSA) is 61.8 Å². The SMILES string of the molecule is CNC[C@@H]1CC[C@H](O)CN1C(=O)OC(C)(C)C. The van der Waals surface area contributed by atoms with Gasteiger partial charge in [-0.05, 0) is 40.7 Å². The Morgan fingerprint density at radius 3 is 2.65 bits per heavy atom. The van der Waals surface area contributed by atoms with Gasteiger partial charge in [0.1, 0.15) is 5.60 Å². The number of β-amino-alcohol motifs (C(OH)–C–C–N with tert-alkyl or cyclic N) is 1. The van der Waals surface area contributed by atoms with Crippen molar-refractivity contribution in [1.29, 1.82) is 0 Å². The zero-order chi connectivity index (χ0) is 13.1. The third-order valence-corrected chi connectivity index (χ3v) is 2.75. The first-order valence-electron chi connectivity index (χ1n) is 6.16. The van der Waals surface area contributed by atoms with Gasteiger partial charge in [-0.25, -0.2) is 4.79 Å². The Morgan fingerprint density at radius 1 is 1.47 bits per heavy atom. The van der Waals surface area contributed by atoms with Crippen molar-refractivity contribution in [3.63, 3.8) is 0 Å². The minimum atomic E-state index is -0.496. The van der Waals surface area contributed by atoms with E-state index in [0.717, 1.165) is 19.4 Å². The second-order valence-corrected chi connectivity index (χ2v) is 5.58. The molecule has 0 spiro atoms. The summed E-state index contributed by atoms with van der Waals surface area (Å²) in [5.41, 5.74) is -0.496. The van der Waals surface area contributed by atoms with Crippen LogP contribution in [-0.4, -0.2) is 54.0 Å². The van der Waals surface area contributed by atoms with Crippen LogP contribution in [0.2, 0.25) is 0 Å². The number of likely N-dealkylation sites (N-methyl/N-ethyl adjacent to an activating group) is 1. The summed E-state index contributed by atoms with van der Waals surface area (Å²) in [4.78, 5) is 13.6. The number of nitrogens with zero attached hydrogens (tertiary/aromatic N) is 1. The lowest BCUT2D eigenvalue weighted by Gasteiger charge is -2.38. The number of carbonyl (C=O) groups excluding carboxylic acids is 1. The van der Waals surface area contributed by atoms with Crippen LogP contribution in [0, 0.1) is 0 Å². The number of hydrogen-bond acceptors (Lipinski definition) is 4. The van der Waals surface area contributed by atoms with Gasteiger partial charge in [0.15, 0.2) is 0 Å². The Hall–Kier alpha value is -0.810. The maximum absolute atomic E-state index is 12.0. The number of ether oxygens (including phenoxy) is 1. The summed E-state index contributed by atoms with van der Waals surface area (Å²) in [5, 5.41) is 12.7. The molecule has 0 aliphatic carbocycles. The first kappa shape index (κ1) is 14.3. The lowest BCUT2D eigenvalue weighted by Crippen LogP contribution is -2.53. The second-order valence-electron chi connectivity index (χ2n) is 5.58. The van der Waals surface area contributed by atoms with Gasteiger partial charge in [0.2, 0.25) is 0 Å². The summed E-state index contributed by atoms with van der Waals surface area (Å²) in [6.07, 6.45) is 0.777. The lowest BCUT2D eigenvalue weighted by atomic mass is 10.0. The Kier molecular flexibility index (Phi) is 4.77. The predicted octanol–water partition coefficient (Wildman–Crippen LogP) is 0.966. The smallest absolute Gasteiger partial charge is 0.410 e. The van der Waals surface area contributed by atoms with Crippen molar-refractivity contribution in [1.82, 2.24) is 10.2 Å². The van der Waals surface area contributed by atoms with Gasteiger partial charge in [-0.1, -0.05) is 0 Å². The Morgan fingerprint density at radius 2 is 2.12 bits per heavy atom. The fourth-order valence-electron chi connectivity index (χ4n) is 2.00. The fourth-order valence-corrected chi connectivity index (χ4v) is 2.00. The highest BCUT2D eigenvalue weighted by Crippen LogP contribution is 2.20. The molecular weight excluding hydrogens is 220 g/mol. The first-order valence-corrected chi connectivity index (χ1v) is 6.16. The largest absolute Gasteiger partial charge is 0.444 e. The number of aliphatic hydroxyl groups excluding tert-OH is 1. The normalized spacial score (nSPS) is 25.8.